The zero-order chi connectivity index (χ0) is 17.5. The molecule has 0 unspecified atom stereocenters. The van der Waals surface area contributed by atoms with E-state index in [0.717, 1.165) is 6.54 Å². The standard InChI is InChI=1S/C17H28N4OS.HI/c1-17(2,3)20-15(22)11-19-16(18-4)21(5)12-13-7-9-14(23-6)10-8-13;/h7-10H,11-12H2,1-6H3,(H,18,19)(H,20,22);1H. The first kappa shape index (κ1) is 23.0. The number of guanidine groups is 1. The molecule has 0 bridgehead atoms. The van der Waals surface area contributed by atoms with Gasteiger partial charge in [0.25, 0.3) is 0 Å². The van der Waals surface area contributed by atoms with E-state index in [1.807, 2.05) is 32.7 Å². The number of thioether (sulfide) groups is 1. The van der Waals surface area contributed by atoms with Crippen LogP contribution in [-0.2, 0) is 11.3 Å². The van der Waals surface area contributed by atoms with Gasteiger partial charge < -0.3 is 15.5 Å². The molecule has 0 aliphatic carbocycles. The molecule has 136 valence electrons. The highest BCUT2D eigenvalue weighted by atomic mass is 127. The van der Waals surface area contributed by atoms with Gasteiger partial charge in [-0.25, -0.2) is 0 Å². The Kier molecular flexibility index (Phi) is 10.4. The van der Waals surface area contributed by atoms with Crippen molar-refractivity contribution in [2.75, 3.05) is 26.9 Å². The summed E-state index contributed by atoms with van der Waals surface area (Å²) in [4.78, 5) is 19.4. The molecule has 7 heteroatoms. The van der Waals surface area contributed by atoms with Crippen molar-refractivity contribution < 1.29 is 4.79 Å². The minimum atomic E-state index is -0.229. The van der Waals surface area contributed by atoms with Crippen LogP contribution in [0.2, 0.25) is 0 Å². The highest BCUT2D eigenvalue weighted by molar-refractivity contribution is 14.0. The number of amides is 1. The lowest BCUT2D eigenvalue weighted by Gasteiger charge is -2.24. The van der Waals surface area contributed by atoms with Gasteiger partial charge in [0.1, 0.15) is 0 Å². The molecule has 1 aromatic rings. The van der Waals surface area contributed by atoms with Crippen LogP contribution in [0.25, 0.3) is 0 Å². The fourth-order valence-corrected chi connectivity index (χ4v) is 2.49. The third kappa shape index (κ3) is 8.77. The molecule has 24 heavy (non-hydrogen) atoms. The van der Waals surface area contributed by atoms with Gasteiger partial charge in [-0.2, -0.15) is 0 Å². The molecular formula is C17H29IN4OS. The maximum absolute atomic E-state index is 11.9. The predicted octanol–water partition coefficient (Wildman–Crippen LogP) is 2.95. The van der Waals surface area contributed by atoms with Crippen molar-refractivity contribution in [2.24, 2.45) is 4.99 Å². The van der Waals surface area contributed by atoms with Gasteiger partial charge in [-0.1, -0.05) is 12.1 Å². The Morgan fingerprint density at radius 3 is 2.29 bits per heavy atom. The van der Waals surface area contributed by atoms with Crippen LogP contribution in [0, 0.1) is 0 Å². The summed E-state index contributed by atoms with van der Waals surface area (Å²) in [5.74, 6) is 0.652. The van der Waals surface area contributed by atoms with Gasteiger partial charge in [0, 0.05) is 31.1 Å². The average Bonchev–Trinajstić information content (AvgIpc) is 2.46. The Morgan fingerprint density at radius 2 is 1.83 bits per heavy atom. The van der Waals surface area contributed by atoms with Crippen LogP contribution in [0.5, 0.6) is 0 Å². The van der Waals surface area contributed by atoms with Crippen molar-refractivity contribution in [1.82, 2.24) is 15.5 Å². The van der Waals surface area contributed by atoms with E-state index in [4.69, 9.17) is 0 Å². The molecule has 1 aromatic carbocycles. The van der Waals surface area contributed by atoms with E-state index in [-0.39, 0.29) is 42.0 Å². The molecule has 0 aliphatic rings. The Morgan fingerprint density at radius 1 is 1.25 bits per heavy atom. The molecule has 5 nitrogen and oxygen atoms in total. The number of benzene rings is 1. The number of carbonyl (C=O) groups excluding carboxylic acids is 1. The fourth-order valence-electron chi connectivity index (χ4n) is 2.09. The third-order valence-corrected chi connectivity index (χ3v) is 3.82. The highest BCUT2D eigenvalue weighted by Gasteiger charge is 2.14. The van der Waals surface area contributed by atoms with Crippen LogP contribution >= 0.6 is 35.7 Å². The van der Waals surface area contributed by atoms with Crippen LogP contribution in [0.3, 0.4) is 0 Å². The summed E-state index contributed by atoms with van der Waals surface area (Å²) >= 11 is 1.73. The number of aliphatic imine (C=N–C) groups is 1. The topological polar surface area (TPSA) is 56.7 Å². The number of hydrogen-bond donors (Lipinski definition) is 2. The van der Waals surface area contributed by atoms with E-state index in [1.54, 1.807) is 18.8 Å². The minimum absolute atomic E-state index is 0. The van der Waals surface area contributed by atoms with Gasteiger partial charge in [0.2, 0.25) is 5.91 Å². The Bertz CT molecular complexity index is 541. The SMILES string of the molecule is CN=C(NCC(=O)NC(C)(C)C)N(C)Cc1ccc(SC)cc1.I. The lowest BCUT2D eigenvalue weighted by atomic mass is 10.1. The van der Waals surface area contributed by atoms with Crippen LogP contribution in [0.1, 0.15) is 26.3 Å². The van der Waals surface area contributed by atoms with Crippen molar-refractivity contribution >= 4 is 47.6 Å². The molecule has 1 rings (SSSR count). The number of nitrogens with one attached hydrogen (secondary N) is 2. The molecule has 0 fully saturated rings. The Labute approximate surface area is 167 Å². The van der Waals surface area contributed by atoms with Crippen molar-refractivity contribution in [2.45, 2.75) is 37.8 Å². The first-order valence-electron chi connectivity index (χ1n) is 7.61. The summed E-state index contributed by atoms with van der Waals surface area (Å²) in [6.07, 6.45) is 2.07. The second kappa shape index (κ2) is 10.8. The molecule has 2 N–H and O–H groups in total. The van der Waals surface area contributed by atoms with Gasteiger partial charge in [-0.05, 0) is 44.7 Å². The van der Waals surface area contributed by atoms with E-state index in [9.17, 15) is 4.79 Å². The second-order valence-corrected chi connectivity index (χ2v) is 7.28. The van der Waals surface area contributed by atoms with Crippen LogP contribution in [-0.4, -0.2) is 49.2 Å². The van der Waals surface area contributed by atoms with E-state index < -0.39 is 0 Å². The van der Waals surface area contributed by atoms with Crippen molar-refractivity contribution in [1.29, 1.82) is 0 Å². The minimum Gasteiger partial charge on any atom is -0.350 e. The first-order chi connectivity index (χ1) is 10.7. The van der Waals surface area contributed by atoms with Crippen molar-refractivity contribution in [3.63, 3.8) is 0 Å². The zero-order valence-electron chi connectivity index (χ0n) is 15.3. The number of rotatable bonds is 5. The second-order valence-electron chi connectivity index (χ2n) is 6.40. The van der Waals surface area contributed by atoms with Crippen LogP contribution in [0.4, 0.5) is 0 Å². The quantitative estimate of drug-likeness (QED) is 0.305. The maximum atomic E-state index is 11.9. The van der Waals surface area contributed by atoms with E-state index in [0.29, 0.717) is 5.96 Å². The molecule has 1 amide bonds. The number of nitrogens with zero attached hydrogens (tertiary/aromatic N) is 2. The summed E-state index contributed by atoms with van der Waals surface area (Å²) < 4.78 is 0. The number of carbonyl (C=O) groups is 1. The summed E-state index contributed by atoms with van der Waals surface area (Å²) in [7, 11) is 3.68. The first-order valence-corrected chi connectivity index (χ1v) is 8.83. The predicted molar refractivity (Wildman–Crippen MR) is 114 cm³/mol. The van der Waals surface area contributed by atoms with Gasteiger partial charge in [0.15, 0.2) is 5.96 Å². The van der Waals surface area contributed by atoms with Gasteiger partial charge in [0.05, 0.1) is 6.54 Å². The molecule has 0 atom stereocenters. The average molecular weight is 464 g/mol. The number of halogens is 1. The smallest absolute Gasteiger partial charge is 0.239 e. The molecule has 0 heterocycles. The molecule has 0 aromatic heterocycles. The molecule has 0 spiro atoms. The van der Waals surface area contributed by atoms with E-state index in [1.165, 1.54) is 10.5 Å². The summed E-state index contributed by atoms with van der Waals surface area (Å²) in [5.41, 5.74) is 0.972. The molecule has 0 saturated carbocycles. The lowest BCUT2D eigenvalue weighted by molar-refractivity contribution is -0.121. The maximum Gasteiger partial charge on any atom is 0.239 e. The zero-order valence-corrected chi connectivity index (χ0v) is 18.5. The molecule has 0 saturated heterocycles. The summed E-state index contributed by atoms with van der Waals surface area (Å²) in [5, 5.41) is 6.02. The summed E-state index contributed by atoms with van der Waals surface area (Å²) in [6, 6.07) is 8.45. The highest BCUT2D eigenvalue weighted by Crippen LogP contribution is 2.15. The normalized spacial score (nSPS) is 11.5. The molecule has 0 radical (unpaired) electrons. The van der Waals surface area contributed by atoms with Crippen molar-refractivity contribution in [3.05, 3.63) is 29.8 Å². The van der Waals surface area contributed by atoms with Crippen LogP contribution < -0.4 is 10.6 Å². The monoisotopic (exact) mass is 464 g/mol. The Balaban J connectivity index is 0.00000529. The third-order valence-electron chi connectivity index (χ3n) is 3.07. The largest absolute Gasteiger partial charge is 0.350 e. The van der Waals surface area contributed by atoms with Gasteiger partial charge in [-0.15, -0.1) is 35.7 Å². The van der Waals surface area contributed by atoms with Crippen molar-refractivity contribution in [3.8, 4) is 0 Å². The van der Waals surface area contributed by atoms with Gasteiger partial charge >= 0.3 is 0 Å². The Hall–Kier alpha value is -0.960. The van der Waals surface area contributed by atoms with E-state index in [2.05, 4.69) is 46.1 Å². The molecular weight excluding hydrogens is 435 g/mol. The number of hydrogen-bond acceptors (Lipinski definition) is 3. The lowest BCUT2D eigenvalue weighted by Crippen LogP contribution is -2.48. The van der Waals surface area contributed by atoms with Crippen LogP contribution in [0.15, 0.2) is 34.2 Å². The summed E-state index contributed by atoms with van der Waals surface area (Å²) in [6.45, 7) is 6.83. The fraction of sp³-hybridized carbons (Fsp3) is 0.529. The van der Waals surface area contributed by atoms with E-state index >= 15 is 0 Å². The molecule has 0 aliphatic heterocycles. The van der Waals surface area contributed by atoms with Gasteiger partial charge in [-0.3, -0.25) is 9.79 Å².